The molecular weight excluding hydrogens is 300 g/mol. The molecule has 3 unspecified atom stereocenters. The molecule has 3 atom stereocenters. The van der Waals surface area contributed by atoms with E-state index in [1.54, 1.807) is 32.8 Å². The molecule has 0 saturated carbocycles. The lowest BCUT2D eigenvalue weighted by Gasteiger charge is -2.45. The fourth-order valence-electron chi connectivity index (χ4n) is 2.88. The van der Waals surface area contributed by atoms with Gasteiger partial charge in [-0.25, -0.2) is 4.79 Å². The zero-order chi connectivity index (χ0) is 17.8. The number of carbonyl (C=O) groups is 2. The SMILES string of the molecule is CCOC(=O)C(C)N1C(C)CN(OC(=O)OC(C)(C)C)CC1C. The van der Waals surface area contributed by atoms with E-state index in [1.165, 1.54) is 0 Å². The van der Waals surface area contributed by atoms with E-state index in [-0.39, 0.29) is 24.1 Å². The highest BCUT2D eigenvalue weighted by Crippen LogP contribution is 2.20. The highest BCUT2D eigenvalue weighted by Gasteiger charge is 2.37. The van der Waals surface area contributed by atoms with Crippen LogP contribution >= 0.6 is 0 Å². The molecule has 134 valence electrons. The minimum Gasteiger partial charge on any atom is -0.465 e. The van der Waals surface area contributed by atoms with Crippen LogP contribution in [0.15, 0.2) is 0 Å². The smallest absolute Gasteiger partial charge is 0.465 e. The Kier molecular flexibility index (Phi) is 6.83. The molecule has 1 saturated heterocycles. The third kappa shape index (κ3) is 5.99. The maximum atomic E-state index is 12.0. The van der Waals surface area contributed by atoms with Gasteiger partial charge in [-0.05, 0) is 48.5 Å². The van der Waals surface area contributed by atoms with Crippen molar-refractivity contribution in [3.63, 3.8) is 0 Å². The van der Waals surface area contributed by atoms with E-state index in [9.17, 15) is 9.59 Å². The van der Waals surface area contributed by atoms with Crippen LogP contribution in [-0.4, -0.2) is 65.5 Å². The van der Waals surface area contributed by atoms with E-state index in [2.05, 4.69) is 4.90 Å². The minimum atomic E-state index is -0.705. The van der Waals surface area contributed by atoms with Crippen molar-refractivity contribution in [2.24, 2.45) is 0 Å². The standard InChI is InChI=1S/C16H30N2O5/c1-8-21-14(19)13(4)18-11(2)9-17(10-12(18)3)23-15(20)22-16(5,6)7/h11-13H,8-10H2,1-7H3. The fraction of sp³-hybridized carbons (Fsp3) is 0.875. The molecule has 0 bridgehead atoms. The van der Waals surface area contributed by atoms with Crippen molar-refractivity contribution in [1.29, 1.82) is 0 Å². The van der Waals surface area contributed by atoms with Gasteiger partial charge in [0.1, 0.15) is 11.6 Å². The molecule has 7 heteroatoms. The van der Waals surface area contributed by atoms with Crippen LogP contribution in [0.4, 0.5) is 4.79 Å². The summed E-state index contributed by atoms with van der Waals surface area (Å²) in [5, 5.41) is 1.60. The molecule has 0 aliphatic carbocycles. The van der Waals surface area contributed by atoms with Crippen LogP contribution in [-0.2, 0) is 19.1 Å². The van der Waals surface area contributed by atoms with Crippen molar-refractivity contribution in [2.75, 3.05) is 19.7 Å². The zero-order valence-corrected chi connectivity index (χ0v) is 15.3. The third-order valence-electron chi connectivity index (χ3n) is 3.62. The van der Waals surface area contributed by atoms with E-state index in [1.807, 2.05) is 20.8 Å². The molecule has 0 radical (unpaired) electrons. The van der Waals surface area contributed by atoms with Crippen LogP contribution in [0.2, 0.25) is 0 Å². The minimum absolute atomic E-state index is 0.0422. The molecule has 0 aromatic rings. The summed E-state index contributed by atoms with van der Waals surface area (Å²) in [7, 11) is 0. The summed E-state index contributed by atoms with van der Waals surface area (Å²) in [6.07, 6.45) is -0.705. The maximum absolute atomic E-state index is 12.0. The molecule has 23 heavy (non-hydrogen) atoms. The fourth-order valence-corrected chi connectivity index (χ4v) is 2.88. The molecule has 1 aliphatic heterocycles. The average molecular weight is 330 g/mol. The highest BCUT2D eigenvalue weighted by molar-refractivity contribution is 5.75. The first-order valence-corrected chi connectivity index (χ1v) is 8.15. The lowest BCUT2D eigenvalue weighted by Crippen LogP contribution is -2.61. The number of hydrogen-bond donors (Lipinski definition) is 0. The molecule has 1 aliphatic rings. The Hall–Kier alpha value is -1.34. The summed E-state index contributed by atoms with van der Waals surface area (Å²) in [5.74, 6) is -0.229. The lowest BCUT2D eigenvalue weighted by atomic mass is 10.1. The Morgan fingerprint density at radius 2 is 1.70 bits per heavy atom. The average Bonchev–Trinajstić information content (AvgIpc) is 2.35. The molecule has 0 N–H and O–H groups in total. The second-order valence-corrected chi connectivity index (χ2v) is 6.98. The van der Waals surface area contributed by atoms with E-state index >= 15 is 0 Å². The quantitative estimate of drug-likeness (QED) is 0.732. The molecule has 0 spiro atoms. The van der Waals surface area contributed by atoms with E-state index in [4.69, 9.17) is 14.3 Å². The van der Waals surface area contributed by atoms with Gasteiger partial charge >= 0.3 is 12.1 Å². The van der Waals surface area contributed by atoms with Crippen LogP contribution < -0.4 is 0 Å². The topological polar surface area (TPSA) is 68.3 Å². The maximum Gasteiger partial charge on any atom is 0.528 e. The Labute approximate surface area is 138 Å². The molecule has 1 fully saturated rings. The van der Waals surface area contributed by atoms with E-state index in [0.29, 0.717) is 19.7 Å². The number of hydrogen-bond acceptors (Lipinski definition) is 7. The van der Waals surface area contributed by atoms with Gasteiger partial charge in [-0.3, -0.25) is 9.69 Å². The van der Waals surface area contributed by atoms with Crippen molar-refractivity contribution in [3.05, 3.63) is 0 Å². The van der Waals surface area contributed by atoms with Gasteiger partial charge in [0.25, 0.3) is 0 Å². The monoisotopic (exact) mass is 330 g/mol. The molecule has 0 aromatic carbocycles. The highest BCUT2D eigenvalue weighted by atomic mass is 16.8. The summed E-state index contributed by atoms with van der Waals surface area (Å²) in [6, 6.07) is -0.246. The summed E-state index contributed by atoms with van der Waals surface area (Å²) >= 11 is 0. The third-order valence-corrected chi connectivity index (χ3v) is 3.62. The molecule has 0 aromatic heterocycles. The van der Waals surface area contributed by atoms with Gasteiger partial charge in [0, 0.05) is 12.1 Å². The van der Waals surface area contributed by atoms with Crippen LogP contribution in [0.3, 0.4) is 0 Å². The second kappa shape index (κ2) is 7.97. The number of rotatable bonds is 4. The van der Waals surface area contributed by atoms with Gasteiger partial charge in [-0.1, -0.05) is 0 Å². The Morgan fingerprint density at radius 1 is 1.17 bits per heavy atom. The summed E-state index contributed by atoms with van der Waals surface area (Å²) in [6.45, 7) is 14.4. The predicted molar refractivity (Wildman–Crippen MR) is 85.8 cm³/mol. The van der Waals surface area contributed by atoms with Crippen molar-refractivity contribution in [2.45, 2.75) is 72.2 Å². The van der Waals surface area contributed by atoms with Crippen LogP contribution in [0, 0.1) is 0 Å². The molecule has 1 heterocycles. The van der Waals surface area contributed by atoms with Gasteiger partial charge in [-0.15, -0.1) is 5.06 Å². The van der Waals surface area contributed by atoms with E-state index < -0.39 is 11.8 Å². The molecular formula is C16H30N2O5. The van der Waals surface area contributed by atoms with Gasteiger partial charge < -0.3 is 14.3 Å². The predicted octanol–water partition coefficient (Wildman–Crippen LogP) is 2.20. The van der Waals surface area contributed by atoms with Crippen molar-refractivity contribution < 1.29 is 23.9 Å². The summed E-state index contributed by atoms with van der Waals surface area (Å²) in [4.78, 5) is 31.1. The normalized spacial score (nSPS) is 24.8. The van der Waals surface area contributed by atoms with Crippen molar-refractivity contribution >= 4 is 12.1 Å². The van der Waals surface area contributed by atoms with Crippen LogP contribution in [0.5, 0.6) is 0 Å². The first-order chi connectivity index (χ1) is 10.5. The zero-order valence-electron chi connectivity index (χ0n) is 15.3. The Balaban J connectivity index is 2.62. The van der Waals surface area contributed by atoms with E-state index in [0.717, 1.165) is 0 Å². The van der Waals surface area contributed by atoms with Gasteiger partial charge in [0.15, 0.2) is 0 Å². The number of carbonyl (C=O) groups excluding carboxylic acids is 2. The van der Waals surface area contributed by atoms with Crippen LogP contribution in [0.25, 0.3) is 0 Å². The number of nitrogens with zero attached hydrogens (tertiary/aromatic N) is 2. The molecule has 7 nitrogen and oxygen atoms in total. The molecule has 1 rings (SSSR count). The Morgan fingerprint density at radius 3 is 2.13 bits per heavy atom. The van der Waals surface area contributed by atoms with Gasteiger partial charge in [-0.2, -0.15) is 0 Å². The van der Waals surface area contributed by atoms with Crippen molar-refractivity contribution in [3.8, 4) is 0 Å². The number of hydroxylamine groups is 2. The first kappa shape index (κ1) is 19.7. The second-order valence-electron chi connectivity index (χ2n) is 6.98. The summed E-state index contributed by atoms with van der Waals surface area (Å²) in [5.41, 5.74) is -0.589. The van der Waals surface area contributed by atoms with Crippen LogP contribution in [0.1, 0.15) is 48.5 Å². The van der Waals surface area contributed by atoms with Crippen molar-refractivity contribution in [1.82, 2.24) is 9.96 Å². The Bertz CT molecular complexity index is 409. The summed E-state index contributed by atoms with van der Waals surface area (Å²) < 4.78 is 10.3. The molecule has 0 amide bonds. The van der Waals surface area contributed by atoms with Gasteiger partial charge in [0.05, 0.1) is 19.7 Å². The number of esters is 1. The van der Waals surface area contributed by atoms with Gasteiger partial charge in [0.2, 0.25) is 0 Å². The largest absolute Gasteiger partial charge is 0.528 e. The first-order valence-electron chi connectivity index (χ1n) is 8.15. The lowest BCUT2D eigenvalue weighted by molar-refractivity contribution is -0.186. The number of ether oxygens (including phenoxy) is 2. The number of piperazine rings is 1.